The monoisotopic (exact) mass is 937 g/mol. The van der Waals surface area contributed by atoms with Gasteiger partial charge in [-0.05, 0) is 128 Å². The molecule has 1 fully saturated rings. The molecule has 0 spiro atoms. The topological polar surface area (TPSA) is 167 Å². The summed E-state index contributed by atoms with van der Waals surface area (Å²) in [4.78, 5) is 74.2. The highest BCUT2D eigenvalue weighted by Crippen LogP contribution is 2.40. The molecular weight excluding hydrogens is 869 g/mol. The normalized spacial score (nSPS) is 12.9. The molecule has 3 aromatic carbocycles. The van der Waals surface area contributed by atoms with Crippen molar-refractivity contribution in [2.75, 3.05) is 47.3 Å². The van der Waals surface area contributed by atoms with Crippen molar-refractivity contribution in [1.82, 2.24) is 0 Å². The van der Waals surface area contributed by atoms with Crippen molar-refractivity contribution >= 4 is 35.8 Å². The highest BCUT2D eigenvalue weighted by Gasteiger charge is 2.39. The quantitative estimate of drug-likeness (QED) is 0.0274. The maximum absolute atomic E-state index is 12.7. The zero-order chi connectivity index (χ0) is 49.8. The second-order valence-electron chi connectivity index (χ2n) is 17.6. The predicted octanol–water partition coefficient (Wildman–Crippen LogP) is 9.81. The third-order valence-electron chi connectivity index (χ3n) is 12.3. The van der Waals surface area contributed by atoms with E-state index in [2.05, 4.69) is 78.9 Å². The molecule has 1 saturated carbocycles. The van der Waals surface area contributed by atoms with E-state index >= 15 is 0 Å². The first kappa shape index (κ1) is 54.4. The first-order chi connectivity index (χ1) is 32.6. The molecule has 0 aliphatic heterocycles. The van der Waals surface area contributed by atoms with Crippen molar-refractivity contribution in [3.8, 4) is 28.0 Å². The molecule has 1 aliphatic rings. The molecule has 0 atom stereocenters. The lowest BCUT2D eigenvalue weighted by atomic mass is 9.77. The van der Waals surface area contributed by atoms with Crippen LogP contribution in [0.25, 0.3) is 22.3 Å². The largest absolute Gasteiger partial charge is 0.492 e. The van der Waals surface area contributed by atoms with Crippen LogP contribution >= 0.6 is 0 Å². The van der Waals surface area contributed by atoms with Gasteiger partial charge in [0, 0.05) is 17.1 Å². The molecule has 1 radical (unpaired) electrons. The summed E-state index contributed by atoms with van der Waals surface area (Å²) >= 11 is 0. The van der Waals surface area contributed by atoms with Crippen LogP contribution in [0, 0.1) is 17.3 Å². The van der Waals surface area contributed by atoms with Crippen LogP contribution in [-0.4, -0.2) is 83.1 Å². The first-order valence-corrected chi connectivity index (χ1v) is 23.6. The minimum atomic E-state index is -1.69. The fourth-order valence-electron chi connectivity index (χ4n) is 8.15. The number of esters is 6. The highest BCUT2D eigenvalue weighted by molar-refractivity contribution is 6.30. The average molecular weight is 938 g/mol. The molecule has 0 aromatic heterocycles. The SMILES string of the molecule is C=C(C)C(=O)OCCCc1cc(-c2ccc(-c3ccc([C]4CCC(CCCCC)CC4)cc3)cc2CC)c(CC)cc1OCC(COC(=O)C(=C)C)(COC(=O)C(=O)OC)COC(=O)C(=O)OC. The van der Waals surface area contributed by atoms with Crippen LogP contribution in [0.4, 0.5) is 0 Å². The smallest absolute Gasteiger partial charge is 0.417 e. The van der Waals surface area contributed by atoms with E-state index in [0.29, 0.717) is 25.0 Å². The van der Waals surface area contributed by atoms with Crippen molar-refractivity contribution in [1.29, 1.82) is 0 Å². The van der Waals surface area contributed by atoms with Gasteiger partial charge in [0.1, 0.15) is 37.6 Å². The Morgan fingerprint density at radius 3 is 1.65 bits per heavy atom. The van der Waals surface area contributed by atoms with Gasteiger partial charge in [0.05, 0.1) is 20.8 Å². The Morgan fingerprint density at radius 2 is 1.10 bits per heavy atom. The molecule has 0 saturated heterocycles. The number of methoxy groups -OCH3 is 2. The van der Waals surface area contributed by atoms with Crippen molar-refractivity contribution in [2.24, 2.45) is 11.3 Å². The summed E-state index contributed by atoms with van der Waals surface area (Å²) in [7, 11) is 2.00. The summed E-state index contributed by atoms with van der Waals surface area (Å²) in [6.45, 7) is 14.4. The number of ether oxygens (including phenoxy) is 7. The van der Waals surface area contributed by atoms with Crippen LogP contribution in [0.1, 0.15) is 115 Å². The third-order valence-corrected chi connectivity index (χ3v) is 12.3. The number of unbranched alkanes of at least 4 members (excludes halogenated alkanes) is 2. The number of carbonyl (C=O) groups excluding carboxylic acids is 6. The molecule has 4 rings (SSSR count). The third kappa shape index (κ3) is 15.7. The zero-order valence-corrected chi connectivity index (χ0v) is 41.0. The maximum Gasteiger partial charge on any atom is 0.417 e. The standard InChI is InChI=1S/C55H69O13/c1-10-13-14-16-38-18-20-41(21-19-38)42-22-24-43(25-23-42)44-26-27-46(39(11-2)29-44)47-30-45(17-15-28-64-49(56)36(4)5)48(31-40(47)12-3)65-32-55(33-66-50(57)37(6)7,34-67-53(60)51(58)62-8)35-68-54(61)52(59)63-9/h22-27,29-31,38H,4,6,10-21,28,32-35H2,1-3,5,7-9H3. The van der Waals surface area contributed by atoms with E-state index in [0.717, 1.165) is 65.5 Å². The molecule has 0 bridgehead atoms. The molecule has 0 heterocycles. The fraction of sp³-hybridized carbons (Fsp3) is 0.473. The molecular formula is C55H69O13. The second kappa shape index (κ2) is 26.9. The molecule has 1 aliphatic carbocycles. The number of hydrogen-bond acceptors (Lipinski definition) is 13. The molecule has 3 aromatic rings. The van der Waals surface area contributed by atoms with E-state index in [1.165, 1.54) is 63.9 Å². The fourth-order valence-corrected chi connectivity index (χ4v) is 8.15. The Kier molecular flexibility index (Phi) is 21.5. The number of benzene rings is 3. The van der Waals surface area contributed by atoms with E-state index in [1.54, 1.807) is 12.8 Å². The minimum Gasteiger partial charge on any atom is -0.492 e. The van der Waals surface area contributed by atoms with Gasteiger partial charge in [-0.3, -0.25) is 0 Å². The highest BCUT2D eigenvalue weighted by atomic mass is 16.6. The number of rotatable bonds is 24. The van der Waals surface area contributed by atoms with Gasteiger partial charge >= 0.3 is 35.8 Å². The van der Waals surface area contributed by atoms with E-state index in [-0.39, 0.29) is 17.8 Å². The van der Waals surface area contributed by atoms with Gasteiger partial charge in [-0.25, -0.2) is 28.8 Å². The van der Waals surface area contributed by atoms with Crippen molar-refractivity contribution < 1.29 is 61.9 Å². The lowest BCUT2D eigenvalue weighted by Gasteiger charge is -2.32. The predicted molar refractivity (Wildman–Crippen MR) is 258 cm³/mol. The summed E-state index contributed by atoms with van der Waals surface area (Å²) in [6.07, 6.45) is 12.3. The molecule has 0 amide bonds. The Labute approximate surface area is 401 Å². The van der Waals surface area contributed by atoms with Crippen molar-refractivity contribution in [2.45, 2.75) is 112 Å². The van der Waals surface area contributed by atoms with Crippen LogP contribution in [-0.2, 0) is 76.5 Å². The molecule has 0 N–H and O–H groups in total. The van der Waals surface area contributed by atoms with E-state index in [9.17, 15) is 28.8 Å². The molecule has 367 valence electrons. The molecule has 13 heteroatoms. The summed E-state index contributed by atoms with van der Waals surface area (Å²) < 4.78 is 37.0. The van der Waals surface area contributed by atoms with Crippen LogP contribution in [0.5, 0.6) is 5.75 Å². The number of carbonyl (C=O) groups is 6. The Morgan fingerprint density at radius 1 is 0.574 bits per heavy atom. The van der Waals surface area contributed by atoms with Gasteiger partial charge < -0.3 is 33.2 Å². The summed E-state index contributed by atoms with van der Waals surface area (Å²) in [5.74, 6) is -3.88. The second-order valence-corrected chi connectivity index (χ2v) is 17.6. The zero-order valence-electron chi connectivity index (χ0n) is 41.0. The van der Waals surface area contributed by atoms with Gasteiger partial charge in [-0.1, -0.05) is 102 Å². The summed E-state index contributed by atoms with van der Waals surface area (Å²) in [6, 6.07) is 19.5. The van der Waals surface area contributed by atoms with Gasteiger partial charge in [0.2, 0.25) is 0 Å². The summed E-state index contributed by atoms with van der Waals surface area (Å²) in [5, 5.41) is 0. The Hall–Kier alpha value is -6.24. The number of aryl methyl sites for hydroxylation is 3. The maximum atomic E-state index is 12.7. The van der Waals surface area contributed by atoms with Crippen LogP contribution in [0.3, 0.4) is 0 Å². The minimum absolute atomic E-state index is 0.0490. The first-order valence-electron chi connectivity index (χ1n) is 23.6. The van der Waals surface area contributed by atoms with Crippen LogP contribution in [0.2, 0.25) is 0 Å². The van der Waals surface area contributed by atoms with Crippen LogP contribution in [0.15, 0.2) is 78.9 Å². The lowest BCUT2D eigenvalue weighted by molar-refractivity contribution is -0.177. The van der Waals surface area contributed by atoms with Crippen molar-refractivity contribution in [3.05, 3.63) is 107 Å². The Bertz CT molecular complexity index is 2220. The van der Waals surface area contributed by atoms with Gasteiger partial charge in [-0.15, -0.1) is 0 Å². The molecule has 68 heavy (non-hydrogen) atoms. The van der Waals surface area contributed by atoms with E-state index in [1.807, 2.05) is 19.1 Å². The average Bonchev–Trinajstić information content (AvgIpc) is 3.36. The van der Waals surface area contributed by atoms with Crippen molar-refractivity contribution in [3.63, 3.8) is 0 Å². The van der Waals surface area contributed by atoms with E-state index < -0.39 is 67.7 Å². The summed E-state index contributed by atoms with van der Waals surface area (Å²) in [5.41, 5.74) is 7.06. The molecule has 0 unspecified atom stereocenters. The lowest BCUT2D eigenvalue weighted by Crippen LogP contribution is -2.45. The van der Waals surface area contributed by atoms with Gasteiger partial charge in [-0.2, -0.15) is 0 Å². The number of hydrogen-bond donors (Lipinski definition) is 0. The van der Waals surface area contributed by atoms with Gasteiger partial charge in [0.15, 0.2) is 0 Å². The van der Waals surface area contributed by atoms with E-state index in [4.69, 9.17) is 23.7 Å². The van der Waals surface area contributed by atoms with Crippen LogP contribution < -0.4 is 4.74 Å². The van der Waals surface area contributed by atoms with Gasteiger partial charge in [0.25, 0.3) is 0 Å². The Balaban J connectivity index is 1.71. The molecule has 13 nitrogen and oxygen atoms in total.